The van der Waals surface area contributed by atoms with Crippen molar-refractivity contribution in [3.8, 4) is 0 Å². The molecule has 2 unspecified atom stereocenters. The topological polar surface area (TPSA) is 55.8 Å². The maximum atomic E-state index is 13.4. The molecule has 154 valence electrons. The smallest absolute Gasteiger partial charge is 0.460 e. The molecule has 1 N–H and O–H groups in total. The molecule has 26 heavy (non-hydrogen) atoms. The van der Waals surface area contributed by atoms with Gasteiger partial charge < -0.3 is 9.84 Å². The Morgan fingerprint density at radius 1 is 1.00 bits per heavy atom. The summed E-state index contributed by atoms with van der Waals surface area (Å²) in [4.78, 5) is 10.9. The molecule has 0 aromatic carbocycles. The van der Waals surface area contributed by atoms with Crippen molar-refractivity contribution in [2.75, 3.05) is 6.61 Å². The van der Waals surface area contributed by atoms with Gasteiger partial charge in [-0.15, -0.1) is 13.2 Å². The van der Waals surface area contributed by atoms with E-state index in [1.807, 2.05) is 0 Å². The minimum atomic E-state index is -7.24. The van der Waals surface area contributed by atoms with Crippen LogP contribution in [0.4, 0.5) is 48.3 Å². The molecule has 4 nitrogen and oxygen atoms in total. The molecular formula is C11H9F11O4. The van der Waals surface area contributed by atoms with E-state index in [2.05, 4.69) is 4.74 Å². The quantitative estimate of drug-likeness (QED) is 0.394. The van der Waals surface area contributed by atoms with E-state index < -0.39 is 61.1 Å². The Morgan fingerprint density at radius 2 is 1.46 bits per heavy atom. The number of halogens is 11. The first kappa shape index (κ1) is 24.4. The van der Waals surface area contributed by atoms with Crippen molar-refractivity contribution in [1.29, 1.82) is 0 Å². The van der Waals surface area contributed by atoms with Crippen LogP contribution in [0.2, 0.25) is 0 Å². The zero-order valence-corrected chi connectivity index (χ0v) is 12.3. The van der Waals surface area contributed by atoms with E-state index in [-0.39, 0.29) is 0 Å². The third-order valence-electron chi connectivity index (χ3n) is 2.34. The summed E-state index contributed by atoms with van der Waals surface area (Å²) in [5, 5.41) is 8.70. The second-order valence-electron chi connectivity index (χ2n) is 4.65. The Bertz CT molecular complexity index is 523. The summed E-state index contributed by atoms with van der Waals surface area (Å²) >= 11 is 0. The maximum absolute atomic E-state index is 13.4. The summed E-state index contributed by atoms with van der Waals surface area (Å²) in [6.45, 7) is 0.201. The standard InChI is InChI=1S/C11H9F11O4/c1-5(23)4-25-6(24)2-3-7(12,13)8(14,15)9(16,10(17,18)19)26-11(20,21)22/h2-3,5,23H,4H2,1H3. The SMILES string of the molecule is CC(O)COC(=O)C=CC(F)(F)C(F)(F)C(F)(OC(F)(F)F)C(F)(F)F. The van der Waals surface area contributed by atoms with Crippen LogP contribution in [0.5, 0.6) is 0 Å². The van der Waals surface area contributed by atoms with Crippen LogP contribution < -0.4 is 0 Å². The molecule has 0 bridgehead atoms. The summed E-state index contributed by atoms with van der Waals surface area (Å²) in [5.41, 5.74) is 0. The fourth-order valence-corrected chi connectivity index (χ4v) is 1.20. The van der Waals surface area contributed by atoms with Gasteiger partial charge in [-0.2, -0.15) is 35.1 Å². The Hall–Kier alpha value is -1.64. The van der Waals surface area contributed by atoms with Crippen molar-refractivity contribution in [3.63, 3.8) is 0 Å². The molecule has 0 aliphatic carbocycles. The Kier molecular flexibility index (Phi) is 7.06. The molecule has 0 spiro atoms. The van der Waals surface area contributed by atoms with Gasteiger partial charge in [0.1, 0.15) is 6.61 Å². The van der Waals surface area contributed by atoms with Crippen molar-refractivity contribution in [3.05, 3.63) is 12.2 Å². The van der Waals surface area contributed by atoms with Gasteiger partial charge in [-0.1, -0.05) is 0 Å². The van der Waals surface area contributed by atoms with Gasteiger partial charge in [0.2, 0.25) is 0 Å². The van der Waals surface area contributed by atoms with Crippen molar-refractivity contribution in [2.24, 2.45) is 0 Å². The lowest BCUT2D eigenvalue weighted by molar-refractivity contribution is -0.499. The molecule has 0 aromatic rings. The van der Waals surface area contributed by atoms with Gasteiger partial charge in [0.05, 0.1) is 6.10 Å². The number of rotatable bonds is 7. The highest BCUT2D eigenvalue weighted by molar-refractivity contribution is 5.82. The number of alkyl halides is 11. The molecule has 0 saturated carbocycles. The average Bonchev–Trinajstić information content (AvgIpc) is 2.39. The van der Waals surface area contributed by atoms with E-state index in [0.29, 0.717) is 0 Å². The fraction of sp³-hybridized carbons (Fsp3) is 0.727. The average molecular weight is 414 g/mol. The molecule has 0 heterocycles. The molecule has 0 aliphatic heterocycles. The van der Waals surface area contributed by atoms with Gasteiger partial charge in [-0.25, -0.2) is 9.53 Å². The van der Waals surface area contributed by atoms with Crippen LogP contribution in [0.3, 0.4) is 0 Å². The summed E-state index contributed by atoms with van der Waals surface area (Å²) in [5.74, 6) is -22.5. The summed E-state index contributed by atoms with van der Waals surface area (Å²) in [6.07, 6.45) is -17.2. The van der Waals surface area contributed by atoms with Crippen LogP contribution >= 0.6 is 0 Å². The first-order valence-corrected chi connectivity index (χ1v) is 6.09. The molecule has 2 atom stereocenters. The monoisotopic (exact) mass is 414 g/mol. The van der Waals surface area contributed by atoms with Crippen molar-refractivity contribution in [1.82, 2.24) is 0 Å². The highest BCUT2D eigenvalue weighted by Gasteiger charge is 2.83. The predicted molar refractivity (Wildman–Crippen MR) is 58.7 cm³/mol. The van der Waals surface area contributed by atoms with Crippen LogP contribution in [0.1, 0.15) is 6.92 Å². The third kappa shape index (κ3) is 5.69. The van der Waals surface area contributed by atoms with Crippen molar-refractivity contribution >= 4 is 5.97 Å². The Balaban J connectivity index is 5.78. The van der Waals surface area contributed by atoms with E-state index in [9.17, 15) is 53.1 Å². The lowest BCUT2D eigenvalue weighted by Gasteiger charge is -2.37. The second kappa shape index (κ2) is 7.54. The van der Waals surface area contributed by atoms with E-state index in [1.165, 1.54) is 0 Å². The summed E-state index contributed by atoms with van der Waals surface area (Å²) in [7, 11) is 0. The molecule has 0 aromatic heterocycles. The number of aliphatic hydroxyl groups excluding tert-OH is 1. The zero-order chi connectivity index (χ0) is 21.2. The van der Waals surface area contributed by atoms with Crippen LogP contribution in [-0.4, -0.2) is 54.0 Å². The lowest BCUT2D eigenvalue weighted by Crippen LogP contribution is -2.65. The van der Waals surface area contributed by atoms with Crippen molar-refractivity contribution in [2.45, 2.75) is 43.3 Å². The van der Waals surface area contributed by atoms with Crippen LogP contribution in [0.25, 0.3) is 0 Å². The molecule has 0 rings (SSSR count). The van der Waals surface area contributed by atoms with E-state index in [1.54, 1.807) is 4.74 Å². The summed E-state index contributed by atoms with van der Waals surface area (Å²) in [6, 6.07) is 0. The lowest BCUT2D eigenvalue weighted by atomic mass is 10.0. The van der Waals surface area contributed by atoms with Gasteiger partial charge in [-0.3, -0.25) is 0 Å². The molecule has 0 aliphatic rings. The van der Waals surface area contributed by atoms with Crippen LogP contribution in [0, 0.1) is 0 Å². The second-order valence-corrected chi connectivity index (χ2v) is 4.65. The molecular weight excluding hydrogens is 405 g/mol. The number of carbonyl (C=O) groups excluding carboxylic acids is 1. The number of esters is 1. The molecule has 0 fully saturated rings. The maximum Gasteiger partial charge on any atom is 0.525 e. The van der Waals surface area contributed by atoms with Gasteiger partial charge in [0.25, 0.3) is 0 Å². The normalized spacial score (nSPS) is 17.9. The Morgan fingerprint density at radius 3 is 1.81 bits per heavy atom. The van der Waals surface area contributed by atoms with Crippen LogP contribution in [0.15, 0.2) is 12.2 Å². The number of hydrogen-bond donors (Lipinski definition) is 1. The minimum Gasteiger partial charge on any atom is -0.460 e. The number of ether oxygens (including phenoxy) is 2. The van der Waals surface area contributed by atoms with E-state index in [4.69, 9.17) is 5.11 Å². The molecule has 0 amide bonds. The Labute approximate surface area is 137 Å². The number of aliphatic hydroxyl groups is 1. The largest absolute Gasteiger partial charge is 0.525 e. The first-order chi connectivity index (χ1) is 11.3. The van der Waals surface area contributed by atoms with E-state index >= 15 is 0 Å². The van der Waals surface area contributed by atoms with Crippen molar-refractivity contribution < 1.29 is 67.7 Å². The van der Waals surface area contributed by atoms with Gasteiger partial charge >= 0.3 is 36.2 Å². The minimum absolute atomic E-state index is 0.583. The highest BCUT2D eigenvalue weighted by atomic mass is 19.4. The molecule has 15 heteroatoms. The van der Waals surface area contributed by atoms with Gasteiger partial charge in [0.15, 0.2) is 0 Å². The summed E-state index contributed by atoms with van der Waals surface area (Å²) < 4.78 is 145. The van der Waals surface area contributed by atoms with Gasteiger partial charge in [0, 0.05) is 6.08 Å². The fourth-order valence-electron chi connectivity index (χ4n) is 1.20. The molecule has 0 saturated heterocycles. The zero-order valence-electron chi connectivity index (χ0n) is 12.3. The van der Waals surface area contributed by atoms with Gasteiger partial charge in [-0.05, 0) is 13.0 Å². The van der Waals surface area contributed by atoms with Crippen LogP contribution in [-0.2, 0) is 14.3 Å². The van der Waals surface area contributed by atoms with E-state index in [0.717, 1.165) is 6.92 Å². The number of hydrogen-bond acceptors (Lipinski definition) is 4. The third-order valence-corrected chi connectivity index (χ3v) is 2.34. The predicted octanol–water partition coefficient (Wildman–Crippen LogP) is 3.50. The highest BCUT2D eigenvalue weighted by Crippen LogP contribution is 2.55. The number of allylic oxidation sites excluding steroid dienone is 1. The number of carbonyl (C=O) groups is 1. The molecule has 0 radical (unpaired) electrons. The first-order valence-electron chi connectivity index (χ1n) is 6.09.